The fourth-order valence-electron chi connectivity index (χ4n) is 2.19. The van der Waals surface area contributed by atoms with Crippen molar-refractivity contribution in [2.45, 2.75) is 13.8 Å². The number of hydrogen-bond acceptors (Lipinski definition) is 3. The largest absolute Gasteiger partial charge is 0.495 e. The molecule has 0 saturated heterocycles. The normalized spacial score (nSPS) is 10.8. The molecule has 0 fully saturated rings. The molecule has 2 aromatic rings. The minimum Gasteiger partial charge on any atom is -0.495 e. The van der Waals surface area contributed by atoms with Crippen molar-refractivity contribution in [3.05, 3.63) is 29.0 Å². The molecule has 0 aliphatic carbocycles. The van der Waals surface area contributed by atoms with Crippen molar-refractivity contribution in [3.8, 4) is 5.75 Å². The van der Waals surface area contributed by atoms with Gasteiger partial charge in [0.2, 0.25) is 0 Å². The number of aryl methyl sites for hydroxylation is 2. The number of hydrogen-bond donors (Lipinski definition) is 2. The van der Waals surface area contributed by atoms with Gasteiger partial charge >= 0.3 is 0 Å². The quantitative estimate of drug-likeness (QED) is 0.794. The molecular formula is C13H16N2O2. The van der Waals surface area contributed by atoms with Crippen LogP contribution in [0.2, 0.25) is 0 Å². The lowest BCUT2D eigenvalue weighted by atomic mass is 10.1. The van der Waals surface area contributed by atoms with Crippen LogP contribution in [-0.4, -0.2) is 24.4 Å². The Labute approximate surface area is 99.8 Å². The number of methoxy groups -OCH3 is 1. The first-order chi connectivity index (χ1) is 8.10. The van der Waals surface area contributed by atoms with Gasteiger partial charge in [0.05, 0.1) is 24.9 Å². The van der Waals surface area contributed by atoms with Gasteiger partial charge < -0.3 is 15.5 Å². The van der Waals surface area contributed by atoms with Crippen molar-refractivity contribution >= 4 is 16.7 Å². The van der Waals surface area contributed by atoms with E-state index in [1.165, 1.54) is 0 Å². The van der Waals surface area contributed by atoms with Crippen molar-refractivity contribution in [2.24, 2.45) is 5.73 Å². The zero-order chi connectivity index (χ0) is 12.6. The van der Waals surface area contributed by atoms with E-state index in [-0.39, 0.29) is 12.3 Å². The molecule has 0 bridgehead atoms. The highest BCUT2D eigenvalue weighted by molar-refractivity contribution is 6.05. The highest BCUT2D eigenvalue weighted by Gasteiger charge is 2.17. The summed E-state index contributed by atoms with van der Waals surface area (Å²) in [6.45, 7) is 3.95. The summed E-state index contributed by atoms with van der Waals surface area (Å²) in [5, 5.41) is 1.04. The molecule has 0 amide bonds. The molecule has 0 unspecified atom stereocenters. The second-order valence-electron chi connectivity index (χ2n) is 4.09. The van der Waals surface area contributed by atoms with Gasteiger partial charge in [-0.15, -0.1) is 0 Å². The lowest BCUT2D eigenvalue weighted by Crippen LogP contribution is -2.14. The summed E-state index contributed by atoms with van der Waals surface area (Å²) in [7, 11) is 1.62. The van der Waals surface area contributed by atoms with E-state index in [2.05, 4.69) is 4.98 Å². The van der Waals surface area contributed by atoms with E-state index < -0.39 is 0 Å². The molecular weight excluding hydrogens is 216 g/mol. The summed E-state index contributed by atoms with van der Waals surface area (Å²) in [5.74, 6) is 0.657. The number of fused-ring (bicyclic) bond motifs is 1. The molecule has 0 atom stereocenters. The number of aromatic nitrogens is 1. The number of aromatic amines is 1. The number of carbonyl (C=O) groups is 1. The van der Waals surface area contributed by atoms with Crippen LogP contribution in [0, 0.1) is 13.8 Å². The molecule has 3 N–H and O–H groups in total. The van der Waals surface area contributed by atoms with E-state index in [0.717, 1.165) is 27.8 Å². The van der Waals surface area contributed by atoms with Crippen molar-refractivity contribution < 1.29 is 9.53 Å². The zero-order valence-electron chi connectivity index (χ0n) is 10.3. The summed E-state index contributed by atoms with van der Waals surface area (Å²) >= 11 is 0. The third-order valence-corrected chi connectivity index (χ3v) is 3.06. The second-order valence-corrected chi connectivity index (χ2v) is 4.09. The molecule has 0 radical (unpaired) electrons. The Morgan fingerprint density at radius 3 is 2.71 bits per heavy atom. The van der Waals surface area contributed by atoms with E-state index in [4.69, 9.17) is 10.5 Å². The van der Waals surface area contributed by atoms with Gasteiger partial charge in [0, 0.05) is 5.39 Å². The van der Waals surface area contributed by atoms with Crippen LogP contribution in [0.3, 0.4) is 0 Å². The van der Waals surface area contributed by atoms with Gasteiger partial charge in [-0.25, -0.2) is 0 Å². The molecule has 4 heteroatoms. The average Bonchev–Trinajstić information content (AvgIpc) is 2.68. The number of nitrogens with one attached hydrogen (secondary N) is 1. The lowest BCUT2D eigenvalue weighted by molar-refractivity contribution is 0.0997. The first-order valence-corrected chi connectivity index (χ1v) is 5.49. The third kappa shape index (κ3) is 1.70. The summed E-state index contributed by atoms with van der Waals surface area (Å²) in [6, 6.07) is 3.88. The Balaban J connectivity index is 2.80. The van der Waals surface area contributed by atoms with Crippen molar-refractivity contribution in [3.63, 3.8) is 0 Å². The number of nitrogens with two attached hydrogens (primary N) is 1. The van der Waals surface area contributed by atoms with Gasteiger partial charge in [0.1, 0.15) is 5.75 Å². The van der Waals surface area contributed by atoms with Crippen LogP contribution in [0.15, 0.2) is 12.1 Å². The second kappa shape index (κ2) is 4.22. The fraction of sp³-hybridized carbons (Fsp3) is 0.308. The number of carbonyl (C=O) groups excluding carboxylic acids is 1. The van der Waals surface area contributed by atoms with Crippen molar-refractivity contribution in [1.29, 1.82) is 0 Å². The zero-order valence-corrected chi connectivity index (χ0v) is 10.3. The average molecular weight is 232 g/mol. The number of ether oxygens (including phenoxy) is 1. The molecule has 2 rings (SSSR count). The Morgan fingerprint density at radius 1 is 1.41 bits per heavy atom. The number of benzene rings is 1. The predicted molar refractivity (Wildman–Crippen MR) is 67.7 cm³/mol. The van der Waals surface area contributed by atoms with E-state index in [1.54, 1.807) is 7.11 Å². The monoisotopic (exact) mass is 232 g/mol. The predicted octanol–water partition coefficient (Wildman–Crippen LogP) is 1.93. The molecule has 1 aromatic heterocycles. The van der Waals surface area contributed by atoms with Crippen LogP contribution in [0.25, 0.3) is 10.9 Å². The number of H-pyrrole nitrogens is 1. The maximum atomic E-state index is 11.7. The van der Waals surface area contributed by atoms with Gasteiger partial charge in [0.25, 0.3) is 0 Å². The van der Waals surface area contributed by atoms with E-state index in [1.807, 2.05) is 26.0 Å². The molecule has 4 nitrogen and oxygen atoms in total. The third-order valence-electron chi connectivity index (χ3n) is 3.06. The van der Waals surface area contributed by atoms with Crippen LogP contribution in [-0.2, 0) is 0 Å². The minimum atomic E-state index is -0.0832. The Bertz CT molecular complexity index is 585. The van der Waals surface area contributed by atoms with Gasteiger partial charge in [-0.3, -0.25) is 4.79 Å². The SMILES string of the molecule is COc1ccc(C)c2c(C)c(C(=O)CN)[nH]c12. The summed E-state index contributed by atoms with van der Waals surface area (Å²) in [6.07, 6.45) is 0. The fourth-order valence-corrected chi connectivity index (χ4v) is 2.19. The van der Waals surface area contributed by atoms with E-state index in [9.17, 15) is 4.79 Å². The minimum absolute atomic E-state index is 0.00895. The number of Topliss-reactive ketones (excluding diaryl/α,β-unsaturated/α-hetero) is 1. The first-order valence-electron chi connectivity index (χ1n) is 5.49. The van der Waals surface area contributed by atoms with Gasteiger partial charge in [-0.05, 0) is 31.0 Å². The van der Waals surface area contributed by atoms with Gasteiger partial charge in [-0.2, -0.15) is 0 Å². The van der Waals surface area contributed by atoms with Crippen LogP contribution in [0.5, 0.6) is 5.75 Å². The van der Waals surface area contributed by atoms with E-state index >= 15 is 0 Å². The Morgan fingerprint density at radius 2 is 2.12 bits per heavy atom. The molecule has 0 aliphatic rings. The Hall–Kier alpha value is -1.81. The highest BCUT2D eigenvalue weighted by Crippen LogP contribution is 2.32. The van der Waals surface area contributed by atoms with Gasteiger partial charge in [-0.1, -0.05) is 6.07 Å². The molecule has 0 aliphatic heterocycles. The molecule has 1 aromatic carbocycles. The molecule has 0 saturated carbocycles. The summed E-state index contributed by atoms with van der Waals surface area (Å²) < 4.78 is 5.29. The van der Waals surface area contributed by atoms with Gasteiger partial charge in [0.15, 0.2) is 5.78 Å². The first kappa shape index (κ1) is 11.7. The molecule has 1 heterocycles. The topological polar surface area (TPSA) is 68.1 Å². The maximum absolute atomic E-state index is 11.7. The Kier molecular flexibility index (Phi) is 2.90. The highest BCUT2D eigenvalue weighted by atomic mass is 16.5. The van der Waals surface area contributed by atoms with Crippen LogP contribution in [0.4, 0.5) is 0 Å². The number of ketones is 1. The lowest BCUT2D eigenvalue weighted by Gasteiger charge is -2.03. The summed E-state index contributed by atoms with van der Waals surface area (Å²) in [4.78, 5) is 14.8. The molecule has 90 valence electrons. The standard InChI is InChI=1S/C13H16N2O2/c1-7-4-5-10(17-3)13-11(7)8(2)12(15-13)9(16)6-14/h4-5,15H,6,14H2,1-3H3. The van der Waals surface area contributed by atoms with Crippen LogP contribution in [0.1, 0.15) is 21.6 Å². The number of rotatable bonds is 3. The molecule has 0 spiro atoms. The smallest absolute Gasteiger partial charge is 0.192 e. The maximum Gasteiger partial charge on any atom is 0.192 e. The van der Waals surface area contributed by atoms with Crippen molar-refractivity contribution in [2.75, 3.05) is 13.7 Å². The molecule has 17 heavy (non-hydrogen) atoms. The summed E-state index contributed by atoms with van der Waals surface area (Å²) in [5.41, 5.74) is 8.90. The van der Waals surface area contributed by atoms with Crippen LogP contribution < -0.4 is 10.5 Å². The van der Waals surface area contributed by atoms with Crippen molar-refractivity contribution in [1.82, 2.24) is 4.98 Å². The van der Waals surface area contributed by atoms with Crippen LogP contribution >= 0.6 is 0 Å². The van der Waals surface area contributed by atoms with E-state index in [0.29, 0.717) is 5.69 Å².